The largest absolute Gasteiger partial charge is 0.446 e. The number of imide groups is 1. The first kappa shape index (κ1) is 28.8. The summed E-state index contributed by atoms with van der Waals surface area (Å²) in [4.78, 5) is 43.5. The summed E-state index contributed by atoms with van der Waals surface area (Å²) >= 11 is 0. The van der Waals surface area contributed by atoms with E-state index in [1.807, 2.05) is 85.8 Å². The number of carbonyl (C=O) groups excluding carboxylic acids is 3. The number of anilines is 1. The summed E-state index contributed by atoms with van der Waals surface area (Å²) in [5, 5.41) is 0. The van der Waals surface area contributed by atoms with Crippen LogP contribution in [0.5, 0.6) is 0 Å². The summed E-state index contributed by atoms with van der Waals surface area (Å²) in [5.41, 5.74) is 5.05. The first-order valence-electron chi connectivity index (χ1n) is 14.4. The van der Waals surface area contributed by atoms with Gasteiger partial charge in [-0.3, -0.25) is 9.59 Å². The smallest absolute Gasteiger partial charge is 0.417 e. The summed E-state index contributed by atoms with van der Waals surface area (Å²) in [5.74, 6) is -2.20. The standard InChI is InChI=1S/C36H36N2O4/c1-3-32(34(26(2)39)35(40)38-33(25-42-36(38)41)29-18-11-6-12-19-29)30-20-13-21-31(22-30)37(23-27-14-7-4-8-15-27)24-28-16-9-5-10-17-28/h4-22,32-34H,3,23-25H2,1-2H3/t32-,33+,34+/m1/s1. The van der Waals surface area contributed by atoms with E-state index in [-0.39, 0.29) is 12.4 Å². The van der Waals surface area contributed by atoms with Crippen LogP contribution in [0.25, 0.3) is 0 Å². The monoisotopic (exact) mass is 560 g/mol. The molecule has 1 aliphatic heterocycles. The molecule has 2 amide bonds. The zero-order valence-electron chi connectivity index (χ0n) is 24.1. The third-order valence-corrected chi connectivity index (χ3v) is 7.94. The molecule has 0 radical (unpaired) electrons. The first-order valence-corrected chi connectivity index (χ1v) is 14.4. The molecule has 0 unspecified atom stereocenters. The van der Waals surface area contributed by atoms with Crippen LogP contribution in [0, 0.1) is 5.92 Å². The van der Waals surface area contributed by atoms with Crippen molar-refractivity contribution in [2.24, 2.45) is 5.92 Å². The molecule has 0 saturated carbocycles. The maximum Gasteiger partial charge on any atom is 0.417 e. The number of ether oxygens (including phenoxy) is 1. The number of cyclic esters (lactones) is 1. The van der Waals surface area contributed by atoms with Crippen molar-refractivity contribution in [3.63, 3.8) is 0 Å². The molecule has 0 aliphatic carbocycles. The highest BCUT2D eigenvalue weighted by molar-refractivity contribution is 6.06. The molecule has 1 fully saturated rings. The Morgan fingerprint density at radius 3 is 1.95 bits per heavy atom. The van der Waals surface area contributed by atoms with E-state index in [0.717, 1.165) is 21.7 Å². The number of rotatable bonds is 11. The number of ketones is 1. The number of benzene rings is 4. The number of hydrogen-bond acceptors (Lipinski definition) is 5. The minimum atomic E-state index is -1.01. The van der Waals surface area contributed by atoms with Crippen LogP contribution in [0.2, 0.25) is 0 Å². The van der Waals surface area contributed by atoms with Gasteiger partial charge in [-0.25, -0.2) is 9.69 Å². The normalized spacial score (nSPS) is 16.0. The van der Waals surface area contributed by atoms with Crippen molar-refractivity contribution in [2.75, 3.05) is 11.5 Å². The molecule has 4 aromatic rings. The quantitative estimate of drug-likeness (QED) is 0.180. The Bertz CT molecular complexity index is 1470. The zero-order chi connectivity index (χ0) is 29.5. The van der Waals surface area contributed by atoms with Crippen LogP contribution >= 0.6 is 0 Å². The van der Waals surface area contributed by atoms with Crippen LogP contribution < -0.4 is 4.90 Å². The molecule has 1 heterocycles. The van der Waals surface area contributed by atoms with Gasteiger partial charge < -0.3 is 9.64 Å². The summed E-state index contributed by atoms with van der Waals surface area (Å²) in [6, 6.07) is 37.5. The van der Waals surface area contributed by atoms with E-state index in [0.29, 0.717) is 19.5 Å². The lowest BCUT2D eigenvalue weighted by atomic mass is 9.80. The van der Waals surface area contributed by atoms with Gasteiger partial charge in [-0.1, -0.05) is 110 Å². The van der Waals surface area contributed by atoms with Crippen molar-refractivity contribution in [3.05, 3.63) is 138 Å². The summed E-state index contributed by atoms with van der Waals surface area (Å²) in [6.07, 6.45) is -0.156. The topological polar surface area (TPSA) is 66.9 Å². The van der Waals surface area contributed by atoms with E-state index in [4.69, 9.17) is 4.74 Å². The van der Waals surface area contributed by atoms with Crippen molar-refractivity contribution >= 4 is 23.5 Å². The lowest BCUT2D eigenvalue weighted by molar-refractivity contribution is -0.140. The van der Waals surface area contributed by atoms with Crippen LogP contribution in [0.1, 0.15) is 54.5 Å². The second kappa shape index (κ2) is 13.3. The zero-order valence-corrected chi connectivity index (χ0v) is 24.1. The van der Waals surface area contributed by atoms with E-state index in [2.05, 4.69) is 41.3 Å². The van der Waals surface area contributed by atoms with Crippen LogP contribution in [-0.2, 0) is 27.4 Å². The average Bonchev–Trinajstić information content (AvgIpc) is 3.41. The molecule has 1 aliphatic rings. The molecular weight excluding hydrogens is 524 g/mol. The molecule has 0 bridgehead atoms. The molecule has 5 rings (SSSR count). The second-order valence-corrected chi connectivity index (χ2v) is 10.7. The van der Waals surface area contributed by atoms with Gasteiger partial charge >= 0.3 is 6.09 Å². The fourth-order valence-electron chi connectivity index (χ4n) is 5.83. The number of Topliss-reactive ketones (excluding diaryl/α,β-unsaturated/α-hetero) is 1. The highest BCUT2D eigenvalue weighted by atomic mass is 16.6. The molecule has 0 aromatic heterocycles. The van der Waals surface area contributed by atoms with Crippen molar-refractivity contribution in [1.29, 1.82) is 0 Å². The van der Waals surface area contributed by atoms with Crippen molar-refractivity contribution in [2.45, 2.75) is 45.3 Å². The molecule has 6 heteroatoms. The predicted molar refractivity (Wildman–Crippen MR) is 164 cm³/mol. The lowest BCUT2D eigenvalue weighted by Gasteiger charge is -2.30. The van der Waals surface area contributed by atoms with Gasteiger partial charge in [0.1, 0.15) is 24.3 Å². The van der Waals surface area contributed by atoms with Gasteiger partial charge in [0.15, 0.2) is 0 Å². The summed E-state index contributed by atoms with van der Waals surface area (Å²) < 4.78 is 5.31. The number of carbonyl (C=O) groups is 3. The van der Waals surface area contributed by atoms with E-state index < -0.39 is 29.9 Å². The van der Waals surface area contributed by atoms with Gasteiger partial charge in [-0.2, -0.15) is 0 Å². The Hall–Kier alpha value is -4.71. The van der Waals surface area contributed by atoms with Gasteiger partial charge in [-0.15, -0.1) is 0 Å². The molecule has 214 valence electrons. The van der Waals surface area contributed by atoms with Gasteiger partial charge in [0, 0.05) is 24.7 Å². The van der Waals surface area contributed by atoms with Gasteiger partial charge in [0.2, 0.25) is 5.91 Å². The maximum absolute atomic E-state index is 14.0. The first-order chi connectivity index (χ1) is 20.5. The second-order valence-electron chi connectivity index (χ2n) is 10.7. The molecule has 3 atom stereocenters. The minimum Gasteiger partial charge on any atom is -0.446 e. The number of hydrogen-bond donors (Lipinski definition) is 0. The molecule has 1 saturated heterocycles. The molecule has 0 N–H and O–H groups in total. The Morgan fingerprint density at radius 1 is 0.833 bits per heavy atom. The minimum absolute atomic E-state index is 0.0689. The third kappa shape index (κ3) is 6.44. The Balaban J connectivity index is 1.47. The Morgan fingerprint density at radius 2 is 1.40 bits per heavy atom. The highest BCUT2D eigenvalue weighted by Gasteiger charge is 2.45. The SMILES string of the molecule is CC[C@H](c1cccc(N(Cc2ccccc2)Cc2ccccc2)c1)[C@H](C(C)=O)C(=O)N1C(=O)OC[C@H]1c1ccccc1. The van der Waals surface area contributed by atoms with Gasteiger partial charge in [0.25, 0.3) is 0 Å². The van der Waals surface area contributed by atoms with Crippen LogP contribution in [-0.4, -0.2) is 29.3 Å². The highest BCUT2D eigenvalue weighted by Crippen LogP contribution is 2.37. The molecular formula is C36H36N2O4. The number of amides is 2. The van der Waals surface area contributed by atoms with Crippen molar-refractivity contribution in [3.8, 4) is 0 Å². The van der Waals surface area contributed by atoms with Crippen LogP contribution in [0.4, 0.5) is 10.5 Å². The molecule has 42 heavy (non-hydrogen) atoms. The number of nitrogens with zero attached hydrogens (tertiary/aromatic N) is 2. The van der Waals surface area contributed by atoms with E-state index in [9.17, 15) is 14.4 Å². The van der Waals surface area contributed by atoms with E-state index in [1.165, 1.54) is 18.1 Å². The lowest BCUT2D eigenvalue weighted by Crippen LogP contribution is -2.43. The maximum atomic E-state index is 14.0. The summed E-state index contributed by atoms with van der Waals surface area (Å²) in [6.45, 7) is 4.88. The van der Waals surface area contributed by atoms with Crippen molar-refractivity contribution < 1.29 is 19.1 Å². The van der Waals surface area contributed by atoms with Crippen molar-refractivity contribution in [1.82, 2.24) is 4.90 Å². The summed E-state index contributed by atoms with van der Waals surface area (Å²) in [7, 11) is 0. The van der Waals surface area contributed by atoms with Gasteiger partial charge in [0.05, 0.1) is 0 Å². The Labute approximate surface area is 247 Å². The average molecular weight is 561 g/mol. The fraction of sp³-hybridized carbons (Fsp3) is 0.250. The molecule has 4 aromatic carbocycles. The van der Waals surface area contributed by atoms with Gasteiger partial charge in [-0.05, 0) is 47.7 Å². The molecule has 6 nitrogen and oxygen atoms in total. The van der Waals surface area contributed by atoms with E-state index >= 15 is 0 Å². The van der Waals surface area contributed by atoms with E-state index in [1.54, 1.807) is 0 Å². The molecule has 0 spiro atoms. The van der Waals surface area contributed by atoms with Crippen LogP contribution in [0.3, 0.4) is 0 Å². The predicted octanol–water partition coefficient (Wildman–Crippen LogP) is 7.31. The van der Waals surface area contributed by atoms with Crippen LogP contribution in [0.15, 0.2) is 115 Å². The third-order valence-electron chi connectivity index (χ3n) is 7.94. The Kier molecular flexibility index (Phi) is 9.12. The fourth-order valence-corrected chi connectivity index (χ4v) is 5.83.